The average Bonchev–Trinajstić information content (AvgIpc) is 2.16. The lowest BCUT2D eigenvalue weighted by Gasteiger charge is -2.11. The Bertz CT molecular complexity index is 153. The summed E-state index contributed by atoms with van der Waals surface area (Å²) < 4.78 is 4.79. The van der Waals surface area contributed by atoms with Crippen LogP contribution in [0.15, 0.2) is 0 Å². The number of aliphatic hydroxyl groups excluding tert-OH is 1. The summed E-state index contributed by atoms with van der Waals surface area (Å²) in [6.07, 6.45) is 0.658. The maximum Gasteiger partial charge on any atom is 0.234 e. The second kappa shape index (κ2) is 8.93. The summed E-state index contributed by atoms with van der Waals surface area (Å²) in [5, 5.41) is 14.3. The fourth-order valence-corrected chi connectivity index (χ4v) is 0.918. The molecule has 3 N–H and O–H groups in total. The summed E-state index contributed by atoms with van der Waals surface area (Å²) in [6.45, 7) is 3.41. The minimum atomic E-state index is -0.0492. The van der Waals surface area contributed by atoms with Crippen molar-refractivity contribution in [1.82, 2.24) is 10.6 Å². The summed E-state index contributed by atoms with van der Waals surface area (Å²) in [4.78, 5) is 11.1. The van der Waals surface area contributed by atoms with Crippen LogP contribution in [0.1, 0.15) is 13.3 Å². The van der Waals surface area contributed by atoms with Crippen LogP contribution in [-0.2, 0) is 9.53 Å². The smallest absolute Gasteiger partial charge is 0.234 e. The first-order valence-corrected chi connectivity index (χ1v) is 4.80. The highest BCUT2D eigenvalue weighted by molar-refractivity contribution is 5.77. The molecule has 0 aliphatic rings. The van der Waals surface area contributed by atoms with Crippen molar-refractivity contribution in [2.24, 2.45) is 0 Å². The van der Waals surface area contributed by atoms with Crippen LogP contribution in [0, 0.1) is 0 Å². The summed E-state index contributed by atoms with van der Waals surface area (Å²) >= 11 is 0. The van der Waals surface area contributed by atoms with Gasteiger partial charge in [0.05, 0.1) is 13.2 Å². The molecule has 0 aliphatic carbocycles. The maximum atomic E-state index is 11.1. The quantitative estimate of drug-likeness (QED) is 0.449. The third-order valence-corrected chi connectivity index (χ3v) is 1.80. The Morgan fingerprint density at radius 1 is 1.57 bits per heavy atom. The van der Waals surface area contributed by atoms with Gasteiger partial charge in [0.2, 0.25) is 5.91 Å². The highest BCUT2D eigenvalue weighted by Crippen LogP contribution is 1.86. The molecule has 14 heavy (non-hydrogen) atoms. The van der Waals surface area contributed by atoms with Crippen molar-refractivity contribution in [2.45, 2.75) is 19.4 Å². The number of methoxy groups -OCH3 is 1. The summed E-state index contributed by atoms with van der Waals surface area (Å²) in [5.41, 5.74) is 0. The van der Waals surface area contributed by atoms with E-state index >= 15 is 0 Å². The van der Waals surface area contributed by atoms with Crippen LogP contribution in [-0.4, -0.2) is 50.5 Å². The van der Waals surface area contributed by atoms with E-state index in [1.165, 1.54) is 0 Å². The summed E-state index contributed by atoms with van der Waals surface area (Å²) in [6, 6.07) is 0.160. The van der Waals surface area contributed by atoms with Crippen molar-refractivity contribution in [3.63, 3.8) is 0 Å². The molecule has 5 nitrogen and oxygen atoms in total. The maximum absolute atomic E-state index is 11.1. The number of hydrogen-bond donors (Lipinski definition) is 3. The van der Waals surface area contributed by atoms with Gasteiger partial charge in [0.25, 0.3) is 0 Å². The van der Waals surface area contributed by atoms with Gasteiger partial charge in [0, 0.05) is 26.3 Å². The molecule has 0 aromatic heterocycles. The van der Waals surface area contributed by atoms with Crippen molar-refractivity contribution < 1.29 is 14.6 Å². The number of amides is 1. The molecule has 1 unspecified atom stereocenters. The van der Waals surface area contributed by atoms with Crippen LogP contribution >= 0.6 is 0 Å². The molecule has 84 valence electrons. The van der Waals surface area contributed by atoms with Gasteiger partial charge in [-0.25, -0.2) is 0 Å². The van der Waals surface area contributed by atoms with Crippen molar-refractivity contribution in [3.05, 3.63) is 0 Å². The molecule has 0 heterocycles. The topological polar surface area (TPSA) is 70.6 Å². The molecule has 0 aromatic rings. The summed E-state index contributed by atoms with van der Waals surface area (Å²) in [7, 11) is 1.59. The van der Waals surface area contributed by atoms with E-state index < -0.39 is 0 Å². The molecule has 0 spiro atoms. The molecule has 0 fully saturated rings. The molecule has 0 saturated carbocycles. The Balaban J connectivity index is 3.34. The second-order valence-electron chi connectivity index (χ2n) is 3.14. The zero-order chi connectivity index (χ0) is 10.8. The number of carbonyl (C=O) groups is 1. The minimum absolute atomic E-state index is 0.0492. The van der Waals surface area contributed by atoms with Crippen LogP contribution < -0.4 is 10.6 Å². The number of ether oxygens (including phenoxy) is 1. The fourth-order valence-electron chi connectivity index (χ4n) is 0.918. The molecule has 0 radical (unpaired) electrons. The van der Waals surface area contributed by atoms with E-state index in [2.05, 4.69) is 10.6 Å². The summed E-state index contributed by atoms with van der Waals surface area (Å²) in [5.74, 6) is -0.0492. The Labute approximate surface area is 84.8 Å². The van der Waals surface area contributed by atoms with Crippen molar-refractivity contribution in [3.8, 4) is 0 Å². The first kappa shape index (κ1) is 13.4. The van der Waals surface area contributed by atoms with E-state index in [4.69, 9.17) is 9.84 Å². The number of nitrogens with one attached hydrogen (secondary N) is 2. The van der Waals surface area contributed by atoms with Gasteiger partial charge in [-0.05, 0) is 13.3 Å². The molecular formula is C9H20N2O3. The molecule has 0 aromatic carbocycles. The Kier molecular flexibility index (Phi) is 8.51. The molecule has 0 saturated heterocycles. The molecule has 0 rings (SSSR count). The third kappa shape index (κ3) is 7.97. The Hall–Kier alpha value is -0.650. The lowest BCUT2D eigenvalue weighted by molar-refractivity contribution is -0.120. The Morgan fingerprint density at radius 3 is 2.86 bits per heavy atom. The molecule has 5 heteroatoms. The van der Waals surface area contributed by atoms with Gasteiger partial charge < -0.3 is 20.5 Å². The van der Waals surface area contributed by atoms with Crippen LogP contribution in [0.5, 0.6) is 0 Å². The van der Waals surface area contributed by atoms with Crippen LogP contribution in [0.25, 0.3) is 0 Å². The van der Waals surface area contributed by atoms with Crippen molar-refractivity contribution >= 4 is 5.91 Å². The van der Waals surface area contributed by atoms with E-state index in [-0.39, 0.29) is 25.1 Å². The van der Waals surface area contributed by atoms with E-state index in [0.717, 1.165) is 0 Å². The van der Waals surface area contributed by atoms with E-state index in [9.17, 15) is 4.79 Å². The molecule has 0 bridgehead atoms. The van der Waals surface area contributed by atoms with Gasteiger partial charge in [-0.1, -0.05) is 0 Å². The van der Waals surface area contributed by atoms with Gasteiger partial charge in [0.1, 0.15) is 0 Å². The molecular weight excluding hydrogens is 184 g/mol. The predicted octanol–water partition coefficient (Wildman–Crippen LogP) is -0.890. The number of carbonyl (C=O) groups excluding carboxylic acids is 1. The predicted molar refractivity (Wildman–Crippen MR) is 54.1 cm³/mol. The molecule has 1 amide bonds. The first-order valence-electron chi connectivity index (χ1n) is 4.80. The number of hydrogen-bond acceptors (Lipinski definition) is 4. The highest BCUT2D eigenvalue weighted by Gasteiger charge is 2.03. The van der Waals surface area contributed by atoms with Gasteiger partial charge in [-0.2, -0.15) is 0 Å². The Morgan fingerprint density at radius 2 is 2.29 bits per heavy atom. The first-order chi connectivity index (χ1) is 6.70. The SMILES string of the molecule is COCCNC(=O)CNC(C)CCO. The zero-order valence-corrected chi connectivity index (χ0v) is 8.88. The molecule has 0 aliphatic heterocycles. The van der Waals surface area contributed by atoms with Gasteiger partial charge >= 0.3 is 0 Å². The van der Waals surface area contributed by atoms with Gasteiger partial charge in [-0.3, -0.25) is 4.79 Å². The van der Waals surface area contributed by atoms with Crippen LogP contribution in [0.2, 0.25) is 0 Å². The third-order valence-electron chi connectivity index (χ3n) is 1.80. The second-order valence-corrected chi connectivity index (χ2v) is 3.14. The van der Waals surface area contributed by atoms with Gasteiger partial charge in [-0.15, -0.1) is 0 Å². The van der Waals surface area contributed by atoms with Crippen LogP contribution in [0.3, 0.4) is 0 Å². The normalized spacial score (nSPS) is 12.5. The number of aliphatic hydroxyl groups is 1. The standard InChI is InChI=1S/C9H20N2O3/c1-8(3-5-12)11-7-9(13)10-4-6-14-2/h8,11-12H,3-7H2,1-2H3,(H,10,13). The van der Waals surface area contributed by atoms with E-state index in [0.29, 0.717) is 19.6 Å². The average molecular weight is 204 g/mol. The lowest BCUT2D eigenvalue weighted by Crippen LogP contribution is -2.39. The van der Waals surface area contributed by atoms with Crippen molar-refractivity contribution in [2.75, 3.05) is 33.4 Å². The highest BCUT2D eigenvalue weighted by atomic mass is 16.5. The fraction of sp³-hybridized carbons (Fsp3) is 0.889. The van der Waals surface area contributed by atoms with Crippen molar-refractivity contribution in [1.29, 1.82) is 0 Å². The minimum Gasteiger partial charge on any atom is -0.396 e. The monoisotopic (exact) mass is 204 g/mol. The molecule has 1 atom stereocenters. The van der Waals surface area contributed by atoms with E-state index in [1.807, 2.05) is 6.92 Å². The lowest BCUT2D eigenvalue weighted by atomic mass is 10.2. The van der Waals surface area contributed by atoms with Crippen LogP contribution in [0.4, 0.5) is 0 Å². The largest absolute Gasteiger partial charge is 0.396 e. The number of rotatable bonds is 8. The zero-order valence-electron chi connectivity index (χ0n) is 8.88. The van der Waals surface area contributed by atoms with E-state index in [1.54, 1.807) is 7.11 Å². The van der Waals surface area contributed by atoms with Gasteiger partial charge in [0.15, 0.2) is 0 Å².